The van der Waals surface area contributed by atoms with E-state index in [4.69, 9.17) is 9.47 Å². The van der Waals surface area contributed by atoms with E-state index in [1.807, 2.05) is 6.07 Å². The van der Waals surface area contributed by atoms with Crippen molar-refractivity contribution in [2.75, 3.05) is 19.0 Å². The minimum absolute atomic E-state index is 0.233. The lowest BCUT2D eigenvalue weighted by Gasteiger charge is -2.21. The van der Waals surface area contributed by atoms with Gasteiger partial charge in [-0.05, 0) is 30.2 Å². The molecule has 0 aliphatic rings. The molecular weight excluding hydrogens is 360 g/mol. The highest BCUT2D eigenvalue weighted by Gasteiger charge is 2.27. The van der Waals surface area contributed by atoms with Crippen LogP contribution in [0.5, 0.6) is 5.75 Å². The van der Waals surface area contributed by atoms with E-state index >= 15 is 0 Å². The number of ether oxygens (including phenoxy) is 2. The summed E-state index contributed by atoms with van der Waals surface area (Å²) in [5.41, 5.74) is 0.915. The van der Waals surface area contributed by atoms with Gasteiger partial charge in [0.05, 0.1) is 12.7 Å². The highest BCUT2D eigenvalue weighted by Crippen LogP contribution is 2.18. The Kier molecular flexibility index (Phi) is 7.56. The zero-order chi connectivity index (χ0) is 20.5. The second kappa shape index (κ2) is 10.1. The normalized spacial score (nSPS) is 11.4. The van der Waals surface area contributed by atoms with Crippen LogP contribution in [0.25, 0.3) is 0 Å². The van der Waals surface area contributed by atoms with Crippen molar-refractivity contribution in [2.24, 2.45) is 5.92 Å². The third-order valence-corrected chi connectivity index (χ3v) is 3.96. The molecule has 0 radical (unpaired) electrons. The summed E-state index contributed by atoms with van der Waals surface area (Å²) in [4.78, 5) is 36.9. The maximum Gasteiger partial charge on any atom is 0.329 e. The van der Waals surface area contributed by atoms with Crippen LogP contribution in [-0.4, -0.2) is 37.5 Å². The first-order valence-electron chi connectivity index (χ1n) is 8.87. The number of amides is 2. The maximum atomic E-state index is 12.5. The van der Waals surface area contributed by atoms with Crippen molar-refractivity contribution in [3.63, 3.8) is 0 Å². The van der Waals surface area contributed by atoms with Crippen molar-refractivity contribution < 1.29 is 23.9 Å². The molecule has 0 saturated carbocycles. The fourth-order valence-corrected chi connectivity index (χ4v) is 2.49. The lowest BCUT2D eigenvalue weighted by molar-refractivity contribution is -0.150. The highest BCUT2D eigenvalue weighted by molar-refractivity contribution is 5.99. The Bertz CT molecular complexity index is 821. The third-order valence-electron chi connectivity index (χ3n) is 3.96. The number of para-hydroxylation sites is 2. The molecule has 2 amide bonds. The molecule has 0 fully saturated rings. The summed E-state index contributed by atoms with van der Waals surface area (Å²) in [6.45, 7) is 3.11. The Morgan fingerprint density at radius 1 is 0.964 bits per heavy atom. The predicted octanol–water partition coefficient (Wildman–Crippen LogP) is 2.63. The zero-order valence-electron chi connectivity index (χ0n) is 16.1. The van der Waals surface area contributed by atoms with Gasteiger partial charge in [-0.3, -0.25) is 9.59 Å². The lowest BCUT2D eigenvalue weighted by Crippen LogP contribution is -2.46. The first kappa shape index (κ1) is 21.0. The van der Waals surface area contributed by atoms with Crippen LogP contribution >= 0.6 is 0 Å². The molecule has 0 bridgehead atoms. The monoisotopic (exact) mass is 384 g/mol. The van der Waals surface area contributed by atoms with Crippen molar-refractivity contribution >= 4 is 23.5 Å². The van der Waals surface area contributed by atoms with Gasteiger partial charge < -0.3 is 20.1 Å². The van der Waals surface area contributed by atoms with Crippen LogP contribution < -0.4 is 15.4 Å². The minimum atomic E-state index is -0.901. The average molecular weight is 384 g/mol. The molecule has 7 nitrogen and oxygen atoms in total. The Balaban J connectivity index is 1.96. The molecular formula is C21H24N2O5. The quantitative estimate of drug-likeness (QED) is 0.683. The van der Waals surface area contributed by atoms with E-state index in [-0.39, 0.29) is 5.92 Å². The molecule has 2 aromatic carbocycles. The van der Waals surface area contributed by atoms with Crippen molar-refractivity contribution in [1.29, 1.82) is 0 Å². The van der Waals surface area contributed by atoms with Crippen LogP contribution in [0.2, 0.25) is 0 Å². The van der Waals surface area contributed by atoms with Gasteiger partial charge in [-0.1, -0.05) is 44.2 Å². The molecule has 2 rings (SSSR count). The van der Waals surface area contributed by atoms with Gasteiger partial charge >= 0.3 is 5.97 Å². The lowest BCUT2D eigenvalue weighted by atomic mass is 10.0. The van der Waals surface area contributed by atoms with Crippen molar-refractivity contribution in [3.8, 4) is 5.75 Å². The molecule has 2 N–H and O–H groups in total. The van der Waals surface area contributed by atoms with Gasteiger partial charge in [0, 0.05) is 5.69 Å². The number of methoxy groups -OCH3 is 1. The first-order valence-corrected chi connectivity index (χ1v) is 8.87. The number of carbonyl (C=O) groups is 3. The Morgan fingerprint density at radius 3 is 2.25 bits per heavy atom. The minimum Gasteiger partial charge on any atom is -0.496 e. The molecule has 2 aromatic rings. The van der Waals surface area contributed by atoms with E-state index in [2.05, 4.69) is 10.6 Å². The summed E-state index contributed by atoms with van der Waals surface area (Å²) in [6, 6.07) is 14.6. The summed E-state index contributed by atoms with van der Waals surface area (Å²) in [5, 5.41) is 5.28. The number of carbonyl (C=O) groups excluding carboxylic acids is 3. The van der Waals surface area contributed by atoms with Gasteiger partial charge in [0.2, 0.25) is 0 Å². The molecule has 1 atom stereocenters. The highest BCUT2D eigenvalue weighted by atomic mass is 16.5. The fraction of sp³-hybridized carbons (Fsp3) is 0.286. The van der Waals surface area contributed by atoms with Crippen molar-refractivity contribution in [3.05, 3.63) is 60.2 Å². The fourth-order valence-electron chi connectivity index (χ4n) is 2.49. The smallest absolute Gasteiger partial charge is 0.329 e. The van der Waals surface area contributed by atoms with Crippen LogP contribution in [-0.2, 0) is 14.3 Å². The number of benzene rings is 2. The number of anilines is 1. The second-order valence-electron chi connectivity index (χ2n) is 6.42. The van der Waals surface area contributed by atoms with Gasteiger partial charge in [0.1, 0.15) is 11.8 Å². The van der Waals surface area contributed by atoms with Gasteiger partial charge in [0.15, 0.2) is 6.61 Å². The number of hydrogen-bond acceptors (Lipinski definition) is 5. The van der Waals surface area contributed by atoms with E-state index < -0.39 is 30.4 Å². The molecule has 0 aliphatic heterocycles. The maximum absolute atomic E-state index is 12.5. The Morgan fingerprint density at radius 2 is 1.61 bits per heavy atom. The van der Waals surface area contributed by atoms with Gasteiger partial charge in [-0.25, -0.2) is 4.79 Å². The van der Waals surface area contributed by atoms with Gasteiger partial charge in [-0.2, -0.15) is 0 Å². The summed E-state index contributed by atoms with van der Waals surface area (Å²) in [6.07, 6.45) is 0. The Hall–Kier alpha value is -3.35. The van der Waals surface area contributed by atoms with E-state index in [0.717, 1.165) is 0 Å². The summed E-state index contributed by atoms with van der Waals surface area (Å²) in [5.74, 6) is -1.43. The second-order valence-corrected chi connectivity index (χ2v) is 6.42. The standard InChI is InChI=1S/C21H24N2O5/c1-14(2)19(23-20(25)16-11-7-8-12-17(16)27-3)21(26)28-13-18(24)22-15-9-5-4-6-10-15/h4-12,14,19H,13H2,1-3H3,(H,22,24)(H,23,25)/t19-/m0/s1. The Labute approximate surface area is 164 Å². The van der Waals surface area contributed by atoms with Crippen LogP contribution in [0, 0.1) is 5.92 Å². The molecule has 28 heavy (non-hydrogen) atoms. The summed E-state index contributed by atoms with van der Waals surface area (Å²) >= 11 is 0. The zero-order valence-corrected chi connectivity index (χ0v) is 16.1. The van der Waals surface area contributed by atoms with Crippen LogP contribution in [0.15, 0.2) is 54.6 Å². The van der Waals surface area contributed by atoms with Crippen molar-refractivity contribution in [2.45, 2.75) is 19.9 Å². The number of esters is 1. The average Bonchev–Trinajstić information content (AvgIpc) is 2.70. The first-order chi connectivity index (χ1) is 13.4. The SMILES string of the molecule is COc1ccccc1C(=O)N[C@H](C(=O)OCC(=O)Nc1ccccc1)C(C)C. The largest absolute Gasteiger partial charge is 0.496 e. The third kappa shape index (κ3) is 5.84. The van der Waals surface area contributed by atoms with E-state index in [1.54, 1.807) is 62.4 Å². The van der Waals surface area contributed by atoms with E-state index in [0.29, 0.717) is 17.0 Å². The molecule has 148 valence electrons. The number of nitrogens with one attached hydrogen (secondary N) is 2. The molecule has 0 aromatic heterocycles. The number of hydrogen-bond donors (Lipinski definition) is 2. The van der Waals surface area contributed by atoms with Gasteiger partial charge in [-0.15, -0.1) is 0 Å². The topological polar surface area (TPSA) is 93.7 Å². The van der Waals surface area contributed by atoms with E-state index in [1.165, 1.54) is 7.11 Å². The molecule has 0 unspecified atom stereocenters. The van der Waals surface area contributed by atoms with Crippen LogP contribution in [0.1, 0.15) is 24.2 Å². The molecule has 0 saturated heterocycles. The van der Waals surface area contributed by atoms with E-state index in [9.17, 15) is 14.4 Å². The predicted molar refractivity (Wildman–Crippen MR) is 105 cm³/mol. The number of rotatable bonds is 8. The van der Waals surface area contributed by atoms with Gasteiger partial charge in [0.25, 0.3) is 11.8 Å². The molecule has 0 heterocycles. The summed E-state index contributed by atoms with van der Waals surface area (Å²) in [7, 11) is 1.46. The van der Waals surface area contributed by atoms with Crippen molar-refractivity contribution in [1.82, 2.24) is 5.32 Å². The van der Waals surface area contributed by atoms with Crippen LogP contribution in [0.4, 0.5) is 5.69 Å². The molecule has 0 spiro atoms. The molecule has 7 heteroatoms. The molecule has 0 aliphatic carbocycles. The van der Waals surface area contributed by atoms with Crippen LogP contribution in [0.3, 0.4) is 0 Å². The summed E-state index contributed by atoms with van der Waals surface area (Å²) < 4.78 is 10.3.